The summed E-state index contributed by atoms with van der Waals surface area (Å²) in [7, 11) is 0. The van der Waals surface area contributed by atoms with Crippen molar-refractivity contribution in [2.45, 2.75) is 26.2 Å². The van der Waals surface area contributed by atoms with Gasteiger partial charge in [-0.15, -0.1) is 0 Å². The molecule has 1 aliphatic rings. The molecule has 0 aliphatic carbocycles. The van der Waals surface area contributed by atoms with Crippen molar-refractivity contribution in [1.82, 2.24) is 9.88 Å². The lowest BCUT2D eigenvalue weighted by Gasteiger charge is -2.17. The summed E-state index contributed by atoms with van der Waals surface area (Å²) in [6.45, 7) is 5.90. The highest BCUT2D eigenvalue weighted by atomic mass is 16.2. The molecule has 1 aromatic heterocycles. The van der Waals surface area contributed by atoms with E-state index in [9.17, 15) is 4.79 Å². The minimum absolute atomic E-state index is 0.115. The monoisotopic (exact) mass is 280 g/mol. The molecule has 108 valence electrons. The smallest absolute Gasteiger partial charge is 0.253 e. The van der Waals surface area contributed by atoms with Gasteiger partial charge in [0.25, 0.3) is 5.91 Å². The maximum atomic E-state index is 12.5. The van der Waals surface area contributed by atoms with Gasteiger partial charge in [-0.1, -0.05) is 29.3 Å². The van der Waals surface area contributed by atoms with E-state index in [1.165, 1.54) is 16.7 Å². The Morgan fingerprint density at radius 3 is 2.48 bits per heavy atom. The van der Waals surface area contributed by atoms with E-state index in [1.807, 2.05) is 4.90 Å². The number of pyridine rings is 1. The minimum Gasteiger partial charge on any atom is -0.338 e. The van der Waals surface area contributed by atoms with Gasteiger partial charge in [0.15, 0.2) is 0 Å². The Morgan fingerprint density at radius 1 is 1.14 bits per heavy atom. The molecule has 1 amide bonds. The highest BCUT2D eigenvalue weighted by Gasteiger charge is 2.28. The van der Waals surface area contributed by atoms with Crippen molar-refractivity contribution >= 4 is 5.91 Å². The molecule has 1 atom stereocenters. The fourth-order valence-electron chi connectivity index (χ4n) is 3.14. The van der Waals surface area contributed by atoms with Crippen LogP contribution in [0, 0.1) is 13.8 Å². The number of carbonyl (C=O) groups is 1. The standard InChI is InChI=1S/C18H20N2O/c1-13-9-14(2)11-17(10-13)16-5-8-20(12-16)18(21)15-3-6-19-7-4-15/h3-4,6-7,9-11,16H,5,8,12H2,1-2H3. The Bertz CT molecular complexity index is 631. The Balaban J connectivity index is 1.75. The van der Waals surface area contributed by atoms with Crippen LogP contribution in [0.15, 0.2) is 42.7 Å². The van der Waals surface area contributed by atoms with Crippen molar-refractivity contribution in [2.24, 2.45) is 0 Å². The van der Waals surface area contributed by atoms with Gasteiger partial charge in [0.1, 0.15) is 0 Å². The van der Waals surface area contributed by atoms with Crippen LogP contribution in [0.1, 0.15) is 39.4 Å². The number of aromatic nitrogens is 1. The molecule has 0 bridgehead atoms. The normalized spacial score (nSPS) is 18.0. The molecule has 1 unspecified atom stereocenters. The number of amides is 1. The average molecular weight is 280 g/mol. The first-order chi connectivity index (χ1) is 10.1. The van der Waals surface area contributed by atoms with Gasteiger partial charge in [-0.05, 0) is 38.0 Å². The number of aryl methyl sites for hydroxylation is 2. The van der Waals surface area contributed by atoms with Gasteiger partial charge in [0, 0.05) is 37.0 Å². The minimum atomic E-state index is 0.115. The molecule has 3 rings (SSSR count). The van der Waals surface area contributed by atoms with E-state index in [0.717, 1.165) is 25.1 Å². The fourth-order valence-corrected chi connectivity index (χ4v) is 3.14. The number of hydrogen-bond donors (Lipinski definition) is 0. The van der Waals surface area contributed by atoms with Crippen LogP contribution in [0.25, 0.3) is 0 Å². The molecular formula is C18H20N2O. The molecule has 1 saturated heterocycles. The Hall–Kier alpha value is -2.16. The SMILES string of the molecule is Cc1cc(C)cc(C2CCN(C(=O)c3ccncc3)C2)c1. The van der Waals surface area contributed by atoms with Crippen LogP contribution >= 0.6 is 0 Å². The summed E-state index contributed by atoms with van der Waals surface area (Å²) < 4.78 is 0. The van der Waals surface area contributed by atoms with Crippen LogP contribution < -0.4 is 0 Å². The molecule has 3 nitrogen and oxygen atoms in total. The molecule has 1 aromatic carbocycles. The van der Waals surface area contributed by atoms with Crippen molar-refractivity contribution in [3.8, 4) is 0 Å². The second kappa shape index (κ2) is 5.68. The topological polar surface area (TPSA) is 33.2 Å². The number of rotatable bonds is 2. The molecule has 21 heavy (non-hydrogen) atoms. The van der Waals surface area contributed by atoms with E-state index in [-0.39, 0.29) is 5.91 Å². The molecule has 3 heteroatoms. The zero-order valence-electron chi connectivity index (χ0n) is 12.5. The summed E-state index contributed by atoms with van der Waals surface area (Å²) in [5.41, 5.74) is 4.68. The largest absolute Gasteiger partial charge is 0.338 e. The van der Waals surface area contributed by atoms with Gasteiger partial charge in [0.2, 0.25) is 0 Å². The number of hydrogen-bond acceptors (Lipinski definition) is 2. The Kier molecular flexibility index (Phi) is 3.74. The Morgan fingerprint density at radius 2 is 1.81 bits per heavy atom. The third kappa shape index (κ3) is 2.97. The maximum Gasteiger partial charge on any atom is 0.253 e. The van der Waals surface area contributed by atoms with E-state index in [4.69, 9.17) is 0 Å². The molecule has 1 fully saturated rings. The Labute approximate surface area is 125 Å². The van der Waals surface area contributed by atoms with Crippen molar-refractivity contribution in [3.05, 3.63) is 65.0 Å². The second-order valence-corrected chi connectivity index (χ2v) is 5.89. The quantitative estimate of drug-likeness (QED) is 0.845. The third-order valence-electron chi connectivity index (χ3n) is 4.12. The van der Waals surface area contributed by atoms with E-state index in [0.29, 0.717) is 5.92 Å². The predicted octanol–water partition coefficient (Wildman–Crippen LogP) is 3.33. The zero-order valence-corrected chi connectivity index (χ0v) is 12.5. The van der Waals surface area contributed by atoms with Gasteiger partial charge < -0.3 is 4.90 Å². The lowest BCUT2D eigenvalue weighted by molar-refractivity contribution is 0.0790. The van der Waals surface area contributed by atoms with Crippen LogP contribution in [0.2, 0.25) is 0 Å². The predicted molar refractivity (Wildman–Crippen MR) is 83.4 cm³/mol. The molecule has 1 aliphatic heterocycles. The van der Waals surface area contributed by atoms with E-state index < -0.39 is 0 Å². The molecule has 2 heterocycles. The van der Waals surface area contributed by atoms with Gasteiger partial charge in [-0.25, -0.2) is 0 Å². The van der Waals surface area contributed by atoms with Gasteiger partial charge >= 0.3 is 0 Å². The summed E-state index contributed by atoms with van der Waals surface area (Å²) >= 11 is 0. The van der Waals surface area contributed by atoms with E-state index in [1.54, 1.807) is 24.5 Å². The first-order valence-electron chi connectivity index (χ1n) is 7.41. The first-order valence-corrected chi connectivity index (χ1v) is 7.41. The molecule has 0 radical (unpaired) electrons. The van der Waals surface area contributed by atoms with Gasteiger partial charge in [0.05, 0.1) is 0 Å². The van der Waals surface area contributed by atoms with Crippen molar-refractivity contribution in [2.75, 3.05) is 13.1 Å². The van der Waals surface area contributed by atoms with Crippen molar-refractivity contribution < 1.29 is 4.79 Å². The van der Waals surface area contributed by atoms with Gasteiger partial charge in [-0.2, -0.15) is 0 Å². The first kappa shape index (κ1) is 13.8. The lowest BCUT2D eigenvalue weighted by atomic mass is 9.95. The molecule has 0 spiro atoms. The summed E-state index contributed by atoms with van der Waals surface area (Å²) in [5, 5.41) is 0. The van der Waals surface area contributed by atoms with Crippen LogP contribution in [-0.2, 0) is 0 Å². The van der Waals surface area contributed by atoms with Crippen LogP contribution in [0.5, 0.6) is 0 Å². The van der Waals surface area contributed by atoms with Crippen molar-refractivity contribution in [1.29, 1.82) is 0 Å². The molecule has 0 N–H and O–H groups in total. The summed E-state index contributed by atoms with van der Waals surface area (Å²) in [5.74, 6) is 0.568. The van der Waals surface area contributed by atoms with Crippen molar-refractivity contribution in [3.63, 3.8) is 0 Å². The number of benzene rings is 1. The summed E-state index contributed by atoms with van der Waals surface area (Å²) in [4.78, 5) is 18.4. The van der Waals surface area contributed by atoms with E-state index in [2.05, 4.69) is 37.0 Å². The fraction of sp³-hybridized carbons (Fsp3) is 0.333. The summed E-state index contributed by atoms with van der Waals surface area (Å²) in [6, 6.07) is 10.3. The number of nitrogens with zero attached hydrogens (tertiary/aromatic N) is 2. The third-order valence-corrected chi connectivity index (χ3v) is 4.12. The summed E-state index contributed by atoms with van der Waals surface area (Å²) in [6.07, 6.45) is 4.38. The van der Waals surface area contributed by atoms with Crippen LogP contribution in [-0.4, -0.2) is 28.9 Å². The molecule has 2 aromatic rings. The zero-order chi connectivity index (χ0) is 14.8. The van der Waals surface area contributed by atoms with Crippen LogP contribution in [0.3, 0.4) is 0 Å². The molecular weight excluding hydrogens is 260 g/mol. The van der Waals surface area contributed by atoms with E-state index >= 15 is 0 Å². The average Bonchev–Trinajstić information content (AvgIpc) is 2.96. The highest BCUT2D eigenvalue weighted by molar-refractivity contribution is 5.94. The number of carbonyl (C=O) groups excluding carboxylic acids is 1. The van der Waals surface area contributed by atoms with Crippen LogP contribution in [0.4, 0.5) is 0 Å². The number of likely N-dealkylation sites (tertiary alicyclic amines) is 1. The second-order valence-electron chi connectivity index (χ2n) is 5.89. The highest BCUT2D eigenvalue weighted by Crippen LogP contribution is 2.29. The lowest BCUT2D eigenvalue weighted by Crippen LogP contribution is -2.28. The van der Waals surface area contributed by atoms with Gasteiger partial charge in [-0.3, -0.25) is 9.78 Å². The molecule has 0 saturated carbocycles. The maximum absolute atomic E-state index is 12.5.